The number of hydrogen-bond donors (Lipinski definition) is 2. The second-order valence-corrected chi connectivity index (χ2v) is 4.88. The first-order valence-electron chi connectivity index (χ1n) is 5.55. The van der Waals surface area contributed by atoms with Crippen LogP contribution in [0.1, 0.15) is 19.0 Å². The van der Waals surface area contributed by atoms with Gasteiger partial charge in [0.25, 0.3) is 5.56 Å². The quantitative estimate of drug-likeness (QED) is 0.566. The SMILES string of the molecule is CCCc1cc(=O)[nH]c(SC(COC)C(=O)O)n1. The van der Waals surface area contributed by atoms with Gasteiger partial charge in [-0.2, -0.15) is 0 Å². The van der Waals surface area contributed by atoms with Crippen LogP contribution >= 0.6 is 11.8 Å². The highest BCUT2D eigenvalue weighted by molar-refractivity contribution is 8.00. The van der Waals surface area contributed by atoms with Crippen molar-refractivity contribution in [1.29, 1.82) is 0 Å². The first-order valence-corrected chi connectivity index (χ1v) is 6.43. The first kappa shape index (κ1) is 14.7. The normalized spacial score (nSPS) is 12.3. The lowest BCUT2D eigenvalue weighted by Gasteiger charge is -2.10. The molecule has 0 aliphatic carbocycles. The summed E-state index contributed by atoms with van der Waals surface area (Å²) in [4.78, 5) is 29.1. The molecule has 1 aromatic heterocycles. The highest BCUT2D eigenvalue weighted by Gasteiger charge is 2.20. The summed E-state index contributed by atoms with van der Waals surface area (Å²) in [5.41, 5.74) is 0.405. The maximum atomic E-state index is 11.4. The van der Waals surface area contributed by atoms with Gasteiger partial charge in [0.05, 0.1) is 6.61 Å². The van der Waals surface area contributed by atoms with E-state index in [1.165, 1.54) is 13.2 Å². The molecule has 18 heavy (non-hydrogen) atoms. The molecule has 1 unspecified atom stereocenters. The van der Waals surface area contributed by atoms with E-state index in [-0.39, 0.29) is 12.2 Å². The number of aliphatic carboxylic acids is 1. The maximum absolute atomic E-state index is 11.4. The van der Waals surface area contributed by atoms with Crippen LogP contribution in [0.3, 0.4) is 0 Å². The van der Waals surface area contributed by atoms with E-state index >= 15 is 0 Å². The number of H-pyrrole nitrogens is 1. The van der Waals surface area contributed by atoms with E-state index < -0.39 is 11.2 Å². The molecule has 0 aliphatic heterocycles. The van der Waals surface area contributed by atoms with Gasteiger partial charge < -0.3 is 14.8 Å². The number of methoxy groups -OCH3 is 1. The molecule has 7 heteroatoms. The van der Waals surface area contributed by atoms with Gasteiger partial charge in [0.2, 0.25) is 0 Å². The Kier molecular flexibility index (Phi) is 5.87. The Morgan fingerprint density at radius 3 is 2.94 bits per heavy atom. The Hall–Kier alpha value is -1.34. The number of aryl methyl sites for hydroxylation is 1. The third kappa shape index (κ3) is 4.50. The number of carboxylic acid groups (broad SMARTS) is 1. The largest absolute Gasteiger partial charge is 0.480 e. The number of hydrogen-bond acceptors (Lipinski definition) is 5. The monoisotopic (exact) mass is 272 g/mol. The fraction of sp³-hybridized carbons (Fsp3) is 0.545. The van der Waals surface area contributed by atoms with Crippen LogP contribution in [-0.2, 0) is 16.0 Å². The summed E-state index contributed by atoms with van der Waals surface area (Å²) in [6.45, 7) is 2.04. The van der Waals surface area contributed by atoms with E-state index in [1.807, 2.05) is 6.92 Å². The van der Waals surface area contributed by atoms with Gasteiger partial charge in [-0.15, -0.1) is 0 Å². The van der Waals surface area contributed by atoms with Crippen LogP contribution in [0.5, 0.6) is 0 Å². The van der Waals surface area contributed by atoms with Gasteiger partial charge in [0.15, 0.2) is 5.16 Å². The molecule has 0 amide bonds. The summed E-state index contributed by atoms with van der Waals surface area (Å²) in [6.07, 6.45) is 1.57. The van der Waals surface area contributed by atoms with Crippen LogP contribution in [0, 0.1) is 0 Å². The topological polar surface area (TPSA) is 92.3 Å². The lowest BCUT2D eigenvalue weighted by atomic mass is 10.2. The molecule has 1 atom stereocenters. The summed E-state index contributed by atoms with van der Waals surface area (Å²) in [5.74, 6) is -0.995. The number of carbonyl (C=O) groups is 1. The van der Waals surface area contributed by atoms with Gasteiger partial charge >= 0.3 is 5.97 Å². The summed E-state index contributed by atoms with van der Waals surface area (Å²) in [6, 6.07) is 1.43. The molecule has 0 saturated heterocycles. The van der Waals surface area contributed by atoms with E-state index in [9.17, 15) is 9.59 Å². The molecule has 1 aromatic rings. The molecule has 0 saturated carbocycles. The Labute approximate surface area is 109 Å². The average molecular weight is 272 g/mol. The summed E-state index contributed by atoms with van der Waals surface area (Å²) >= 11 is 0.984. The molecule has 0 aromatic carbocycles. The van der Waals surface area contributed by atoms with Crippen molar-refractivity contribution >= 4 is 17.7 Å². The zero-order valence-electron chi connectivity index (χ0n) is 10.3. The smallest absolute Gasteiger partial charge is 0.319 e. The third-order valence-electron chi connectivity index (χ3n) is 2.13. The summed E-state index contributed by atoms with van der Waals surface area (Å²) in [7, 11) is 1.43. The molecule has 0 fully saturated rings. The average Bonchev–Trinajstić information content (AvgIpc) is 2.28. The van der Waals surface area contributed by atoms with Crippen molar-refractivity contribution in [2.75, 3.05) is 13.7 Å². The van der Waals surface area contributed by atoms with Crippen LogP contribution in [0.4, 0.5) is 0 Å². The number of rotatable bonds is 7. The van der Waals surface area contributed by atoms with Crippen LogP contribution in [0.15, 0.2) is 16.0 Å². The van der Waals surface area contributed by atoms with Crippen molar-refractivity contribution in [3.8, 4) is 0 Å². The van der Waals surface area contributed by atoms with Crippen LogP contribution in [0.2, 0.25) is 0 Å². The second kappa shape index (κ2) is 7.17. The highest BCUT2D eigenvalue weighted by Crippen LogP contribution is 2.19. The third-order valence-corrected chi connectivity index (χ3v) is 3.17. The van der Waals surface area contributed by atoms with E-state index in [4.69, 9.17) is 9.84 Å². The Balaban J connectivity index is 2.88. The number of nitrogens with one attached hydrogen (secondary N) is 1. The van der Waals surface area contributed by atoms with Gasteiger partial charge in [-0.25, -0.2) is 4.98 Å². The number of nitrogens with zero attached hydrogens (tertiary/aromatic N) is 1. The summed E-state index contributed by atoms with van der Waals surface area (Å²) < 4.78 is 4.82. The lowest BCUT2D eigenvalue weighted by molar-refractivity contribution is -0.137. The summed E-state index contributed by atoms with van der Waals surface area (Å²) in [5, 5.41) is 8.52. The van der Waals surface area contributed by atoms with E-state index in [1.54, 1.807) is 0 Å². The highest BCUT2D eigenvalue weighted by atomic mass is 32.2. The zero-order valence-corrected chi connectivity index (χ0v) is 11.1. The van der Waals surface area contributed by atoms with Gasteiger partial charge in [0, 0.05) is 18.9 Å². The van der Waals surface area contributed by atoms with Crippen LogP contribution < -0.4 is 5.56 Å². The van der Waals surface area contributed by atoms with Gasteiger partial charge in [-0.05, 0) is 6.42 Å². The van der Waals surface area contributed by atoms with E-state index in [0.29, 0.717) is 17.3 Å². The van der Waals surface area contributed by atoms with Crippen LogP contribution in [-0.4, -0.2) is 40.0 Å². The molecule has 0 radical (unpaired) electrons. The van der Waals surface area contributed by atoms with Crippen molar-refractivity contribution in [3.63, 3.8) is 0 Å². The minimum absolute atomic E-state index is 0.0573. The molecule has 0 spiro atoms. The van der Waals surface area contributed by atoms with E-state index in [0.717, 1.165) is 18.2 Å². The van der Waals surface area contributed by atoms with Gasteiger partial charge in [0.1, 0.15) is 5.25 Å². The molecule has 6 nitrogen and oxygen atoms in total. The Morgan fingerprint density at radius 2 is 2.39 bits per heavy atom. The molecular formula is C11H16N2O4S. The molecule has 2 N–H and O–H groups in total. The maximum Gasteiger partial charge on any atom is 0.319 e. The number of thioether (sulfide) groups is 1. The predicted molar refractivity (Wildman–Crippen MR) is 68.0 cm³/mol. The number of aromatic amines is 1. The van der Waals surface area contributed by atoms with Crippen molar-refractivity contribution in [2.45, 2.75) is 30.2 Å². The molecule has 100 valence electrons. The fourth-order valence-corrected chi connectivity index (χ4v) is 2.27. The first-order chi connectivity index (χ1) is 8.56. The van der Waals surface area contributed by atoms with Gasteiger partial charge in [-0.3, -0.25) is 9.59 Å². The minimum Gasteiger partial charge on any atom is -0.480 e. The molecule has 1 heterocycles. The lowest BCUT2D eigenvalue weighted by Crippen LogP contribution is -2.23. The number of ether oxygens (including phenoxy) is 1. The fourth-order valence-electron chi connectivity index (χ4n) is 1.37. The molecule has 0 aliphatic rings. The number of carboxylic acids is 1. The van der Waals surface area contributed by atoms with Gasteiger partial charge in [-0.1, -0.05) is 25.1 Å². The zero-order chi connectivity index (χ0) is 13.5. The predicted octanol–water partition coefficient (Wildman–Crippen LogP) is 0.914. The minimum atomic E-state index is -0.995. The van der Waals surface area contributed by atoms with Crippen molar-refractivity contribution < 1.29 is 14.6 Å². The Bertz CT molecular complexity index is 461. The second-order valence-electron chi connectivity index (χ2n) is 3.69. The molecular weight excluding hydrogens is 256 g/mol. The molecule has 0 bridgehead atoms. The number of aromatic nitrogens is 2. The van der Waals surface area contributed by atoms with Crippen molar-refractivity contribution in [2.24, 2.45) is 0 Å². The van der Waals surface area contributed by atoms with Crippen molar-refractivity contribution in [1.82, 2.24) is 9.97 Å². The Morgan fingerprint density at radius 1 is 1.67 bits per heavy atom. The molecule has 1 rings (SSSR count). The standard InChI is InChI=1S/C11H16N2O4S/c1-3-4-7-5-9(14)13-11(12-7)18-8(6-17-2)10(15)16/h5,8H,3-4,6H2,1-2H3,(H,15,16)(H,12,13,14). The van der Waals surface area contributed by atoms with Crippen molar-refractivity contribution in [3.05, 3.63) is 22.1 Å². The van der Waals surface area contributed by atoms with Crippen LogP contribution in [0.25, 0.3) is 0 Å². The van der Waals surface area contributed by atoms with E-state index in [2.05, 4.69) is 9.97 Å².